The maximum Gasteiger partial charge on any atom is 0.247 e. The predicted molar refractivity (Wildman–Crippen MR) is 123 cm³/mol. The van der Waals surface area contributed by atoms with Gasteiger partial charge in [-0.2, -0.15) is 0 Å². The summed E-state index contributed by atoms with van der Waals surface area (Å²) in [5.41, 5.74) is 2.06. The number of nitrogens with zero attached hydrogens (tertiary/aromatic N) is 3. The van der Waals surface area contributed by atoms with E-state index in [1.165, 1.54) is 0 Å². The standard InChI is InChI=1S/C25H35N3O2/c1-5-6-17-27(19-23-13-10-16-26(23)4)25(30)20-28(18-21(2)3)24(29)15-14-22-11-8-7-9-12-22/h7-16,21H,5-6,17-20H2,1-4H3. The number of amides is 2. The largest absolute Gasteiger partial charge is 0.353 e. The molecule has 0 saturated heterocycles. The first kappa shape index (κ1) is 23.5. The number of hydrogen-bond acceptors (Lipinski definition) is 2. The summed E-state index contributed by atoms with van der Waals surface area (Å²) in [4.78, 5) is 29.6. The van der Waals surface area contributed by atoms with Gasteiger partial charge in [-0.1, -0.05) is 57.5 Å². The maximum atomic E-state index is 13.2. The Balaban J connectivity index is 2.11. The van der Waals surface area contributed by atoms with Crippen molar-refractivity contribution in [1.29, 1.82) is 0 Å². The van der Waals surface area contributed by atoms with E-state index in [9.17, 15) is 9.59 Å². The Labute approximate surface area is 181 Å². The highest BCUT2D eigenvalue weighted by Crippen LogP contribution is 2.10. The summed E-state index contributed by atoms with van der Waals surface area (Å²) in [5, 5.41) is 0. The summed E-state index contributed by atoms with van der Waals surface area (Å²) in [7, 11) is 1.99. The van der Waals surface area contributed by atoms with Crippen LogP contribution in [-0.2, 0) is 23.2 Å². The summed E-state index contributed by atoms with van der Waals surface area (Å²) in [6.45, 7) is 8.15. The molecule has 1 aromatic carbocycles. The van der Waals surface area contributed by atoms with Crippen molar-refractivity contribution in [3.05, 3.63) is 66.0 Å². The number of carbonyl (C=O) groups excluding carboxylic acids is 2. The molecular weight excluding hydrogens is 374 g/mol. The van der Waals surface area contributed by atoms with Crippen LogP contribution in [0, 0.1) is 5.92 Å². The summed E-state index contributed by atoms with van der Waals surface area (Å²) >= 11 is 0. The first-order valence-corrected chi connectivity index (χ1v) is 10.8. The molecule has 0 atom stereocenters. The number of carbonyl (C=O) groups is 2. The minimum absolute atomic E-state index is 0.00763. The Kier molecular flexibility index (Phi) is 9.39. The quantitative estimate of drug-likeness (QED) is 0.518. The zero-order valence-corrected chi connectivity index (χ0v) is 18.8. The van der Waals surface area contributed by atoms with Crippen molar-refractivity contribution < 1.29 is 9.59 Å². The van der Waals surface area contributed by atoms with Gasteiger partial charge < -0.3 is 14.4 Å². The molecule has 1 heterocycles. The van der Waals surface area contributed by atoms with E-state index in [-0.39, 0.29) is 24.3 Å². The van der Waals surface area contributed by atoms with Crippen LogP contribution in [0.25, 0.3) is 6.08 Å². The second-order valence-corrected chi connectivity index (χ2v) is 8.14. The van der Waals surface area contributed by atoms with E-state index in [2.05, 4.69) is 20.8 Å². The van der Waals surface area contributed by atoms with Gasteiger partial charge in [-0.15, -0.1) is 0 Å². The lowest BCUT2D eigenvalue weighted by molar-refractivity contribution is -0.139. The first-order valence-electron chi connectivity index (χ1n) is 10.8. The smallest absolute Gasteiger partial charge is 0.247 e. The average molecular weight is 410 g/mol. The summed E-state index contributed by atoms with van der Waals surface area (Å²) in [6.07, 6.45) is 7.33. The molecule has 0 unspecified atom stereocenters. The molecule has 0 aliphatic heterocycles. The van der Waals surface area contributed by atoms with Crippen LogP contribution >= 0.6 is 0 Å². The Morgan fingerprint density at radius 1 is 1.07 bits per heavy atom. The van der Waals surface area contributed by atoms with Gasteiger partial charge in [0.15, 0.2) is 0 Å². The molecule has 162 valence electrons. The van der Waals surface area contributed by atoms with Crippen molar-refractivity contribution in [1.82, 2.24) is 14.4 Å². The van der Waals surface area contributed by atoms with Crippen LogP contribution in [0.4, 0.5) is 0 Å². The van der Waals surface area contributed by atoms with Gasteiger partial charge in [0, 0.05) is 38.1 Å². The first-order chi connectivity index (χ1) is 14.4. The highest BCUT2D eigenvalue weighted by Gasteiger charge is 2.21. The van der Waals surface area contributed by atoms with E-state index in [4.69, 9.17) is 0 Å². The van der Waals surface area contributed by atoms with Crippen LogP contribution < -0.4 is 0 Å². The van der Waals surface area contributed by atoms with Crippen LogP contribution in [0.5, 0.6) is 0 Å². The minimum Gasteiger partial charge on any atom is -0.353 e. The molecule has 30 heavy (non-hydrogen) atoms. The van der Waals surface area contributed by atoms with Gasteiger partial charge in [0.25, 0.3) is 0 Å². The third-order valence-electron chi connectivity index (χ3n) is 4.98. The lowest BCUT2D eigenvalue weighted by Crippen LogP contribution is -2.44. The van der Waals surface area contributed by atoms with E-state index >= 15 is 0 Å². The molecule has 2 amide bonds. The van der Waals surface area contributed by atoms with Crippen LogP contribution in [0.2, 0.25) is 0 Å². The molecular formula is C25H35N3O2. The summed E-state index contributed by atoms with van der Waals surface area (Å²) in [6, 6.07) is 13.7. The van der Waals surface area contributed by atoms with Crippen LogP contribution in [0.3, 0.4) is 0 Å². The fourth-order valence-corrected chi connectivity index (χ4v) is 3.27. The van der Waals surface area contributed by atoms with Crippen LogP contribution in [0.15, 0.2) is 54.7 Å². The van der Waals surface area contributed by atoms with E-state index in [1.54, 1.807) is 17.1 Å². The van der Waals surface area contributed by atoms with Gasteiger partial charge in [0.1, 0.15) is 6.54 Å². The normalized spacial score (nSPS) is 11.2. The van der Waals surface area contributed by atoms with E-state index < -0.39 is 0 Å². The topological polar surface area (TPSA) is 45.6 Å². The molecule has 0 aliphatic rings. The zero-order chi connectivity index (χ0) is 21.9. The van der Waals surface area contributed by atoms with Crippen molar-refractivity contribution in [2.45, 2.75) is 40.2 Å². The lowest BCUT2D eigenvalue weighted by atomic mass is 10.2. The van der Waals surface area contributed by atoms with Crippen LogP contribution in [0.1, 0.15) is 44.9 Å². The molecule has 2 aromatic rings. The van der Waals surface area contributed by atoms with E-state index in [0.717, 1.165) is 24.1 Å². The molecule has 0 spiro atoms. The van der Waals surface area contributed by atoms with Crippen molar-refractivity contribution in [3.8, 4) is 0 Å². The lowest BCUT2D eigenvalue weighted by Gasteiger charge is -2.28. The highest BCUT2D eigenvalue weighted by atomic mass is 16.2. The molecule has 0 fully saturated rings. The number of aromatic nitrogens is 1. The monoisotopic (exact) mass is 409 g/mol. The molecule has 0 aliphatic carbocycles. The number of aryl methyl sites for hydroxylation is 1. The molecule has 0 saturated carbocycles. The number of unbranched alkanes of at least 4 members (excludes halogenated alkanes) is 1. The van der Waals surface area contributed by atoms with Crippen molar-refractivity contribution >= 4 is 17.9 Å². The van der Waals surface area contributed by atoms with Gasteiger partial charge in [-0.05, 0) is 36.1 Å². The fourth-order valence-electron chi connectivity index (χ4n) is 3.27. The van der Waals surface area contributed by atoms with Gasteiger partial charge in [0.05, 0.1) is 6.54 Å². The third-order valence-corrected chi connectivity index (χ3v) is 4.98. The van der Waals surface area contributed by atoms with Crippen molar-refractivity contribution in [2.24, 2.45) is 13.0 Å². The van der Waals surface area contributed by atoms with Gasteiger partial charge in [-0.3, -0.25) is 9.59 Å². The Bertz CT molecular complexity index is 824. The van der Waals surface area contributed by atoms with E-state index in [0.29, 0.717) is 19.6 Å². The Morgan fingerprint density at radius 3 is 2.40 bits per heavy atom. The second-order valence-electron chi connectivity index (χ2n) is 8.14. The van der Waals surface area contributed by atoms with E-state index in [1.807, 2.05) is 65.2 Å². The highest BCUT2D eigenvalue weighted by molar-refractivity contribution is 5.94. The maximum absolute atomic E-state index is 13.2. The molecule has 5 nitrogen and oxygen atoms in total. The molecule has 5 heteroatoms. The Hall–Kier alpha value is -2.82. The van der Waals surface area contributed by atoms with Gasteiger partial charge in [-0.25, -0.2) is 0 Å². The Morgan fingerprint density at radius 2 is 1.80 bits per heavy atom. The molecule has 0 radical (unpaired) electrons. The summed E-state index contributed by atoms with van der Waals surface area (Å²) < 4.78 is 2.03. The molecule has 1 aromatic heterocycles. The predicted octanol–water partition coefficient (Wildman–Crippen LogP) is 4.35. The number of hydrogen-bond donors (Lipinski definition) is 0. The van der Waals surface area contributed by atoms with Crippen molar-refractivity contribution in [2.75, 3.05) is 19.6 Å². The minimum atomic E-state index is -0.129. The molecule has 2 rings (SSSR count). The molecule has 0 bridgehead atoms. The zero-order valence-electron chi connectivity index (χ0n) is 18.8. The van der Waals surface area contributed by atoms with Gasteiger partial charge >= 0.3 is 0 Å². The number of benzene rings is 1. The summed E-state index contributed by atoms with van der Waals surface area (Å²) in [5.74, 6) is 0.144. The second kappa shape index (κ2) is 12.0. The number of rotatable bonds is 11. The SMILES string of the molecule is CCCCN(Cc1cccn1C)C(=O)CN(CC(C)C)C(=O)C=Cc1ccccc1. The van der Waals surface area contributed by atoms with Crippen LogP contribution in [-0.4, -0.2) is 45.8 Å². The fraction of sp³-hybridized carbons (Fsp3) is 0.440. The third kappa shape index (κ3) is 7.54. The molecule has 0 N–H and O–H groups in total. The average Bonchev–Trinajstić information content (AvgIpc) is 3.13. The van der Waals surface area contributed by atoms with Crippen molar-refractivity contribution in [3.63, 3.8) is 0 Å². The van der Waals surface area contributed by atoms with Gasteiger partial charge in [0.2, 0.25) is 11.8 Å².